The van der Waals surface area contributed by atoms with Crippen LogP contribution in [0, 0.1) is 12.3 Å². The summed E-state index contributed by atoms with van der Waals surface area (Å²) in [5.74, 6) is 0. The van der Waals surface area contributed by atoms with Crippen molar-refractivity contribution in [2.75, 3.05) is 31.2 Å². The minimum atomic E-state index is -0.152. The van der Waals surface area contributed by atoms with Crippen LogP contribution in [0.25, 0.3) is 11.7 Å². The summed E-state index contributed by atoms with van der Waals surface area (Å²) in [5, 5.41) is 5.70. The van der Waals surface area contributed by atoms with Gasteiger partial charge < -0.3 is 19.4 Å². The molecule has 1 atom stereocenters. The Kier molecular flexibility index (Phi) is 4.49. The Morgan fingerprint density at radius 2 is 1.94 bits per heavy atom. The average molecular weight is 416 g/mol. The number of rotatable bonds is 2. The summed E-state index contributed by atoms with van der Waals surface area (Å²) in [7, 11) is 0. The van der Waals surface area contributed by atoms with E-state index in [1.165, 1.54) is 42.2 Å². The second-order valence-corrected chi connectivity index (χ2v) is 9.30. The molecule has 0 bridgehead atoms. The number of aromatic nitrogens is 2. The molecule has 5 heterocycles. The van der Waals surface area contributed by atoms with Gasteiger partial charge in [0.1, 0.15) is 0 Å². The molecule has 6 nitrogen and oxygen atoms in total. The second-order valence-electron chi connectivity index (χ2n) is 9.30. The van der Waals surface area contributed by atoms with E-state index in [0.717, 1.165) is 42.9 Å². The number of fused-ring (bicyclic) bond motifs is 2. The fraction of sp³-hybridized carbons (Fsp3) is 0.440. The van der Waals surface area contributed by atoms with Gasteiger partial charge in [-0.1, -0.05) is 0 Å². The van der Waals surface area contributed by atoms with Crippen molar-refractivity contribution in [1.82, 2.24) is 14.7 Å². The topological polar surface area (TPSA) is 54.2 Å². The van der Waals surface area contributed by atoms with E-state index in [0.29, 0.717) is 5.41 Å². The summed E-state index contributed by atoms with van der Waals surface area (Å²) >= 11 is 0. The lowest BCUT2D eigenvalue weighted by Crippen LogP contribution is -2.44. The van der Waals surface area contributed by atoms with Crippen LogP contribution in [0.3, 0.4) is 0 Å². The van der Waals surface area contributed by atoms with Crippen molar-refractivity contribution in [3.05, 3.63) is 64.7 Å². The van der Waals surface area contributed by atoms with Gasteiger partial charge in [0.15, 0.2) is 6.17 Å². The molecule has 3 aliphatic heterocycles. The van der Waals surface area contributed by atoms with Crippen molar-refractivity contribution in [2.45, 2.75) is 38.8 Å². The van der Waals surface area contributed by atoms with Crippen LogP contribution >= 0.6 is 0 Å². The third kappa shape index (κ3) is 3.39. The predicted octanol–water partition coefficient (Wildman–Crippen LogP) is 2.70. The molecule has 1 N–H and O–H groups in total. The first-order valence-electron chi connectivity index (χ1n) is 11.4. The average Bonchev–Trinajstić information content (AvgIpc) is 3.28. The Morgan fingerprint density at radius 3 is 2.77 bits per heavy atom. The third-order valence-electron chi connectivity index (χ3n) is 7.43. The molecule has 3 aromatic rings. The fourth-order valence-electron chi connectivity index (χ4n) is 5.39. The van der Waals surface area contributed by atoms with Crippen molar-refractivity contribution < 1.29 is 4.74 Å². The van der Waals surface area contributed by atoms with E-state index in [4.69, 9.17) is 9.73 Å². The number of hydrogen-bond acceptors (Lipinski definition) is 5. The SMILES string of the molecule is Cc1cc(N2CCC3(CCOCC3)CC2)cc2c1=NC(c1cc3cccn3cn1)NC=2. The summed E-state index contributed by atoms with van der Waals surface area (Å²) in [6.07, 6.45) is 10.8. The van der Waals surface area contributed by atoms with Gasteiger partial charge in [0.05, 0.1) is 17.4 Å². The molecule has 1 spiro atoms. The van der Waals surface area contributed by atoms with E-state index < -0.39 is 0 Å². The van der Waals surface area contributed by atoms with Crippen LogP contribution in [-0.2, 0) is 4.74 Å². The van der Waals surface area contributed by atoms with E-state index in [1.54, 1.807) is 0 Å². The summed E-state index contributed by atoms with van der Waals surface area (Å²) in [5.41, 5.74) is 5.13. The zero-order valence-electron chi connectivity index (χ0n) is 18.1. The number of aryl methyl sites for hydroxylation is 1. The number of benzene rings is 1. The van der Waals surface area contributed by atoms with Crippen molar-refractivity contribution in [1.29, 1.82) is 0 Å². The molecule has 1 unspecified atom stereocenters. The van der Waals surface area contributed by atoms with Gasteiger partial charge in [-0.3, -0.25) is 4.99 Å². The first-order chi connectivity index (χ1) is 15.2. The van der Waals surface area contributed by atoms with Crippen molar-refractivity contribution in [3.8, 4) is 0 Å². The van der Waals surface area contributed by atoms with Crippen LogP contribution in [0.2, 0.25) is 0 Å². The maximum Gasteiger partial charge on any atom is 0.162 e. The monoisotopic (exact) mass is 415 g/mol. The Bertz CT molecular complexity index is 1230. The molecule has 0 amide bonds. The van der Waals surface area contributed by atoms with Crippen LogP contribution in [0.15, 0.2) is 47.8 Å². The van der Waals surface area contributed by atoms with Crippen molar-refractivity contribution in [2.24, 2.45) is 10.4 Å². The van der Waals surface area contributed by atoms with Crippen molar-refractivity contribution in [3.63, 3.8) is 0 Å². The minimum Gasteiger partial charge on any atom is -0.381 e. The van der Waals surface area contributed by atoms with Crippen LogP contribution in [-0.4, -0.2) is 35.7 Å². The number of piperidine rings is 1. The largest absolute Gasteiger partial charge is 0.381 e. The van der Waals surface area contributed by atoms with E-state index in [9.17, 15) is 0 Å². The summed E-state index contributed by atoms with van der Waals surface area (Å²) in [6, 6.07) is 10.8. The highest BCUT2D eigenvalue weighted by molar-refractivity contribution is 5.52. The number of ether oxygens (including phenoxy) is 1. The third-order valence-corrected chi connectivity index (χ3v) is 7.43. The number of anilines is 1. The molecule has 6 heteroatoms. The van der Waals surface area contributed by atoms with Crippen molar-refractivity contribution >= 4 is 17.4 Å². The molecule has 3 aliphatic rings. The molecule has 0 radical (unpaired) electrons. The van der Waals surface area contributed by atoms with Gasteiger partial charge in [-0.2, -0.15) is 0 Å². The van der Waals surface area contributed by atoms with Gasteiger partial charge in [-0.25, -0.2) is 4.98 Å². The lowest BCUT2D eigenvalue weighted by molar-refractivity contribution is 0.00212. The van der Waals surface area contributed by atoms with Gasteiger partial charge in [-0.15, -0.1) is 0 Å². The van der Waals surface area contributed by atoms with Crippen LogP contribution in [0.5, 0.6) is 0 Å². The van der Waals surface area contributed by atoms with E-state index in [1.807, 2.05) is 23.0 Å². The predicted molar refractivity (Wildman–Crippen MR) is 121 cm³/mol. The molecule has 0 aliphatic carbocycles. The van der Waals surface area contributed by atoms with Gasteiger partial charge in [0, 0.05) is 55.1 Å². The molecule has 6 rings (SSSR count). The Labute approximate surface area is 182 Å². The van der Waals surface area contributed by atoms with Gasteiger partial charge in [0.25, 0.3) is 0 Å². The standard InChI is InChI=1S/C25H29N5O/c1-18-13-21(29-9-4-25(5-10-29)6-11-31-12-7-25)14-19-16-26-24(28-23(18)19)22-15-20-3-2-8-30(20)17-27-22/h2-3,8,13-17,24,26H,4-7,9-12H2,1H3. The van der Waals surface area contributed by atoms with Crippen LogP contribution in [0.1, 0.15) is 43.1 Å². The second kappa shape index (κ2) is 7.38. The zero-order chi connectivity index (χ0) is 20.8. The van der Waals surface area contributed by atoms with Crippen LogP contribution < -0.4 is 20.8 Å². The number of hydrogen-bond donors (Lipinski definition) is 1. The van der Waals surface area contributed by atoms with E-state index in [2.05, 4.69) is 52.6 Å². The quantitative estimate of drug-likeness (QED) is 0.699. The number of nitrogens with one attached hydrogen (secondary N) is 1. The molecule has 2 aromatic heterocycles. The first-order valence-corrected chi connectivity index (χ1v) is 11.4. The molecule has 2 saturated heterocycles. The molecule has 2 fully saturated rings. The van der Waals surface area contributed by atoms with Gasteiger partial charge >= 0.3 is 0 Å². The smallest absolute Gasteiger partial charge is 0.162 e. The Morgan fingerprint density at radius 1 is 1.10 bits per heavy atom. The van der Waals surface area contributed by atoms with Crippen LogP contribution in [0.4, 0.5) is 5.69 Å². The number of nitrogens with zero attached hydrogens (tertiary/aromatic N) is 4. The minimum absolute atomic E-state index is 0.152. The lowest BCUT2D eigenvalue weighted by atomic mass is 9.72. The molecular formula is C25H29N5O. The lowest BCUT2D eigenvalue weighted by Gasteiger charge is -2.45. The first kappa shape index (κ1) is 18.9. The molecular weight excluding hydrogens is 386 g/mol. The molecule has 31 heavy (non-hydrogen) atoms. The summed E-state index contributed by atoms with van der Waals surface area (Å²) < 4.78 is 7.62. The maximum atomic E-state index is 5.60. The molecule has 0 saturated carbocycles. The molecule has 160 valence electrons. The summed E-state index contributed by atoms with van der Waals surface area (Å²) in [4.78, 5) is 12.2. The Balaban J connectivity index is 1.26. The maximum absolute atomic E-state index is 5.60. The molecule has 1 aromatic carbocycles. The van der Waals surface area contributed by atoms with E-state index >= 15 is 0 Å². The normalized spacial score (nSPS) is 22.5. The highest BCUT2D eigenvalue weighted by atomic mass is 16.5. The van der Waals surface area contributed by atoms with E-state index in [-0.39, 0.29) is 6.17 Å². The zero-order valence-corrected chi connectivity index (χ0v) is 18.1. The highest BCUT2D eigenvalue weighted by Crippen LogP contribution is 2.41. The highest BCUT2D eigenvalue weighted by Gasteiger charge is 2.36. The fourth-order valence-corrected chi connectivity index (χ4v) is 5.39. The van der Waals surface area contributed by atoms with Gasteiger partial charge in [-0.05, 0) is 73.9 Å². The Hall–Kier alpha value is -2.86. The van der Waals surface area contributed by atoms with Gasteiger partial charge in [0.2, 0.25) is 0 Å². The summed E-state index contributed by atoms with van der Waals surface area (Å²) in [6.45, 7) is 6.32.